The van der Waals surface area contributed by atoms with Crippen LogP contribution in [0.1, 0.15) is 49.3 Å². The van der Waals surface area contributed by atoms with Crippen LogP contribution in [-0.2, 0) is 4.74 Å². The van der Waals surface area contributed by atoms with E-state index in [0.717, 1.165) is 18.9 Å². The van der Waals surface area contributed by atoms with E-state index in [4.69, 9.17) is 9.47 Å². The summed E-state index contributed by atoms with van der Waals surface area (Å²) in [5.41, 5.74) is 2.67. The Morgan fingerprint density at radius 2 is 2.05 bits per heavy atom. The standard InChI is InChI=1S/C17H25NO2/c1-13-6-7-15(19-2)14(10-13)16-11-18-17(12-20-16)8-4-3-5-9-17/h6-7,10,16,18H,3-5,8-9,11-12H2,1-2H3. The van der Waals surface area contributed by atoms with E-state index in [0.29, 0.717) is 0 Å². The van der Waals surface area contributed by atoms with Crippen LogP contribution < -0.4 is 10.1 Å². The second-order valence-electron chi connectivity index (χ2n) is 6.27. The Bertz CT molecular complexity index is 456. The first-order chi connectivity index (χ1) is 9.72. The van der Waals surface area contributed by atoms with Crippen molar-refractivity contribution in [3.8, 4) is 5.75 Å². The summed E-state index contributed by atoms with van der Waals surface area (Å²) < 4.78 is 11.7. The lowest BCUT2D eigenvalue weighted by molar-refractivity contribution is -0.0474. The third-order valence-electron chi connectivity index (χ3n) is 4.77. The van der Waals surface area contributed by atoms with Crippen molar-refractivity contribution in [1.82, 2.24) is 5.32 Å². The van der Waals surface area contributed by atoms with Crippen molar-refractivity contribution in [3.05, 3.63) is 29.3 Å². The molecule has 1 aromatic rings. The largest absolute Gasteiger partial charge is 0.496 e. The molecule has 1 saturated carbocycles. The number of methoxy groups -OCH3 is 1. The second-order valence-corrected chi connectivity index (χ2v) is 6.27. The van der Waals surface area contributed by atoms with Gasteiger partial charge >= 0.3 is 0 Å². The number of ether oxygens (including phenoxy) is 2. The van der Waals surface area contributed by atoms with E-state index in [1.54, 1.807) is 7.11 Å². The van der Waals surface area contributed by atoms with Crippen LogP contribution in [0.3, 0.4) is 0 Å². The third kappa shape index (κ3) is 2.70. The van der Waals surface area contributed by atoms with E-state index < -0.39 is 0 Å². The number of aryl methyl sites for hydroxylation is 1. The summed E-state index contributed by atoms with van der Waals surface area (Å²) in [4.78, 5) is 0. The summed E-state index contributed by atoms with van der Waals surface area (Å²) in [6.07, 6.45) is 6.65. The predicted octanol–water partition coefficient (Wildman–Crippen LogP) is 3.37. The molecule has 0 amide bonds. The third-order valence-corrected chi connectivity index (χ3v) is 4.77. The lowest BCUT2D eigenvalue weighted by atomic mass is 9.81. The van der Waals surface area contributed by atoms with Crippen LogP contribution in [0.15, 0.2) is 18.2 Å². The molecule has 1 saturated heterocycles. The van der Waals surface area contributed by atoms with E-state index in [9.17, 15) is 0 Å². The minimum Gasteiger partial charge on any atom is -0.496 e. The monoisotopic (exact) mass is 275 g/mol. The van der Waals surface area contributed by atoms with Crippen LogP contribution in [0.25, 0.3) is 0 Å². The zero-order valence-electron chi connectivity index (χ0n) is 12.6. The Hall–Kier alpha value is -1.06. The topological polar surface area (TPSA) is 30.5 Å². The van der Waals surface area contributed by atoms with Gasteiger partial charge in [0.2, 0.25) is 0 Å². The number of hydrogen-bond acceptors (Lipinski definition) is 3. The first-order valence-electron chi connectivity index (χ1n) is 7.74. The fraction of sp³-hybridized carbons (Fsp3) is 0.647. The maximum atomic E-state index is 6.21. The zero-order chi connectivity index (χ0) is 14.0. The van der Waals surface area contributed by atoms with E-state index in [-0.39, 0.29) is 11.6 Å². The summed E-state index contributed by atoms with van der Waals surface area (Å²) in [5, 5.41) is 3.77. The van der Waals surface area contributed by atoms with E-state index >= 15 is 0 Å². The molecule has 110 valence electrons. The van der Waals surface area contributed by atoms with E-state index in [1.165, 1.54) is 43.2 Å². The lowest BCUT2D eigenvalue weighted by Crippen LogP contribution is -2.55. The molecule has 1 spiro atoms. The highest BCUT2D eigenvalue weighted by atomic mass is 16.5. The van der Waals surface area contributed by atoms with Gasteiger partial charge in [-0.05, 0) is 31.9 Å². The molecule has 2 aliphatic rings. The predicted molar refractivity (Wildman–Crippen MR) is 80.2 cm³/mol. The summed E-state index contributed by atoms with van der Waals surface area (Å²) in [7, 11) is 1.73. The van der Waals surface area contributed by atoms with Gasteiger partial charge in [0.25, 0.3) is 0 Å². The van der Waals surface area contributed by atoms with Gasteiger partial charge in [-0.25, -0.2) is 0 Å². The highest BCUT2D eigenvalue weighted by Gasteiger charge is 2.37. The molecule has 0 aromatic heterocycles. The number of nitrogens with one attached hydrogen (secondary N) is 1. The molecule has 1 N–H and O–H groups in total. The number of morpholine rings is 1. The molecule has 1 aliphatic heterocycles. The molecule has 3 heteroatoms. The molecule has 0 bridgehead atoms. The molecule has 2 fully saturated rings. The number of hydrogen-bond donors (Lipinski definition) is 1. The average Bonchev–Trinajstić information content (AvgIpc) is 2.49. The second kappa shape index (κ2) is 5.74. The SMILES string of the molecule is COc1ccc(C)cc1C1CNC2(CCCCC2)CO1. The van der Waals surface area contributed by atoms with Crippen molar-refractivity contribution < 1.29 is 9.47 Å². The lowest BCUT2D eigenvalue weighted by Gasteiger charge is -2.44. The average molecular weight is 275 g/mol. The van der Waals surface area contributed by atoms with Crippen LogP contribution in [0.2, 0.25) is 0 Å². The molecule has 1 atom stereocenters. The van der Waals surface area contributed by atoms with E-state index in [1.807, 2.05) is 6.07 Å². The van der Waals surface area contributed by atoms with Crippen LogP contribution in [-0.4, -0.2) is 25.8 Å². The summed E-state index contributed by atoms with van der Waals surface area (Å²) in [6.45, 7) is 3.83. The quantitative estimate of drug-likeness (QED) is 0.897. The molecule has 0 radical (unpaired) electrons. The van der Waals surface area contributed by atoms with Crippen LogP contribution >= 0.6 is 0 Å². The molecule has 1 aromatic carbocycles. The Morgan fingerprint density at radius 3 is 2.70 bits per heavy atom. The summed E-state index contributed by atoms with van der Waals surface area (Å²) >= 11 is 0. The van der Waals surface area contributed by atoms with Gasteiger partial charge in [0.15, 0.2) is 0 Å². The fourth-order valence-electron chi connectivity index (χ4n) is 3.53. The highest BCUT2D eigenvalue weighted by Crippen LogP contribution is 2.36. The van der Waals surface area contributed by atoms with Crippen molar-refractivity contribution in [2.75, 3.05) is 20.3 Å². The van der Waals surface area contributed by atoms with Crippen molar-refractivity contribution in [3.63, 3.8) is 0 Å². The van der Waals surface area contributed by atoms with Crippen molar-refractivity contribution in [2.24, 2.45) is 0 Å². The van der Waals surface area contributed by atoms with Gasteiger partial charge in [0, 0.05) is 17.6 Å². The minimum absolute atomic E-state index is 0.109. The highest BCUT2D eigenvalue weighted by molar-refractivity contribution is 5.39. The van der Waals surface area contributed by atoms with Crippen LogP contribution in [0.4, 0.5) is 0 Å². The summed E-state index contributed by atoms with van der Waals surface area (Å²) in [5.74, 6) is 0.932. The summed E-state index contributed by atoms with van der Waals surface area (Å²) in [6, 6.07) is 6.31. The Morgan fingerprint density at radius 1 is 1.25 bits per heavy atom. The Labute approximate surface area is 121 Å². The maximum Gasteiger partial charge on any atom is 0.124 e. The molecule has 3 rings (SSSR count). The number of benzene rings is 1. The smallest absolute Gasteiger partial charge is 0.124 e. The first kappa shape index (κ1) is 13.9. The molecule has 1 heterocycles. The minimum atomic E-state index is 0.109. The zero-order valence-corrected chi connectivity index (χ0v) is 12.6. The molecule has 1 aliphatic carbocycles. The molecule has 1 unspecified atom stereocenters. The van der Waals surface area contributed by atoms with Gasteiger partial charge in [0.1, 0.15) is 5.75 Å². The van der Waals surface area contributed by atoms with Crippen molar-refractivity contribution in [2.45, 2.75) is 50.7 Å². The van der Waals surface area contributed by atoms with Gasteiger partial charge in [0.05, 0.1) is 19.8 Å². The van der Waals surface area contributed by atoms with Gasteiger partial charge in [-0.1, -0.05) is 30.9 Å². The molecular weight excluding hydrogens is 250 g/mol. The maximum absolute atomic E-state index is 6.21. The molecule has 20 heavy (non-hydrogen) atoms. The fourth-order valence-corrected chi connectivity index (χ4v) is 3.53. The first-order valence-corrected chi connectivity index (χ1v) is 7.74. The Kier molecular flexibility index (Phi) is 3.99. The van der Waals surface area contributed by atoms with Gasteiger partial charge in [-0.3, -0.25) is 0 Å². The van der Waals surface area contributed by atoms with Crippen molar-refractivity contribution in [1.29, 1.82) is 0 Å². The van der Waals surface area contributed by atoms with Crippen molar-refractivity contribution >= 4 is 0 Å². The van der Waals surface area contributed by atoms with Gasteiger partial charge in [-0.2, -0.15) is 0 Å². The molecule has 3 nitrogen and oxygen atoms in total. The molecular formula is C17H25NO2. The van der Waals surface area contributed by atoms with Crippen LogP contribution in [0.5, 0.6) is 5.75 Å². The normalized spacial score (nSPS) is 25.6. The number of rotatable bonds is 2. The Balaban J connectivity index is 1.73. The van der Waals surface area contributed by atoms with E-state index in [2.05, 4.69) is 24.4 Å². The van der Waals surface area contributed by atoms with Crippen LogP contribution in [0, 0.1) is 6.92 Å². The van der Waals surface area contributed by atoms with Gasteiger partial charge < -0.3 is 14.8 Å². The van der Waals surface area contributed by atoms with Gasteiger partial charge in [-0.15, -0.1) is 0 Å².